The number of nitrogens with zero attached hydrogens (tertiary/aromatic N) is 1. The van der Waals surface area contributed by atoms with Crippen LogP contribution in [0.4, 0.5) is 0 Å². The van der Waals surface area contributed by atoms with Crippen LogP contribution in [0.15, 0.2) is 12.1 Å². The summed E-state index contributed by atoms with van der Waals surface area (Å²) in [5.41, 5.74) is 8.82. The van der Waals surface area contributed by atoms with E-state index in [-0.39, 0.29) is 29.4 Å². The van der Waals surface area contributed by atoms with Crippen molar-refractivity contribution < 1.29 is 19.0 Å². The predicted octanol–water partition coefficient (Wildman–Crippen LogP) is 3.95. The number of nitrogens with two attached hydrogens (primary N) is 1. The Morgan fingerprint density at radius 1 is 1.19 bits per heavy atom. The molecule has 1 fully saturated rings. The number of fused-ring (bicyclic) bond motifs is 3. The Hall–Kier alpha value is -1.79. The molecule has 0 amide bonds. The second kappa shape index (κ2) is 9.37. The lowest BCUT2D eigenvalue weighted by Crippen LogP contribution is -2.51. The minimum absolute atomic E-state index is 0.0563. The van der Waals surface area contributed by atoms with E-state index in [4.69, 9.17) is 19.9 Å². The van der Waals surface area contributed by atoms with Gasteiger partial charge in [-0.25, -0.2) is 0 Å². The molecular weight excluding hydrogens is 392 g/mol. The fraction of sp³-hybridized carbons (Fsp3) is 0.720. The molecule has 0 aromatic heterocycles. The highest BCUT2D eigenvalue weighted by Crippen LogP contribution is 2.45. The quantitative estimate of drug-likeness (QED) is 0.686. The van der Waals surface area contributed by atoms with Crippen LogP contribution in [0.5, 0.6) is 11.5 Å². The molecular formula is C25H40N2O4. The molecule has 1 aromatic rings. The van der Waals surface area contributed by atoms with Crippen molar-refractivity contribution >= 4 is 5.97 Å². The summed E-state index contributed by atoms with van der Waals surface area (Å²) in [4.78, 5) is 15.3. The zero-order chi connectivity index (χ0) is 22.9. The number of rotatable bonds is 6. The second-order valence-electron chi connectivity index (χ2n) is 10.7. The van der Waals surface area contributed by atoms with E-state index in [1.807, 2.05) is 13.8 Å². The van der Waals surface area contributed by atoms with Gasteiger partial charge in [0.15, 0.2) is 11.5 Å². The topological polar surface area (TPSA) is 74.0 Å². The van der Waals surface area contributed by atoms with E-state index in [1.165, 1.54) is 11.1 Å². The maximum Gasteiger partial charge on any atom is 0.323 e. The van der Waals surface area contributed by atoms with Gasteiger partial charge in [0.05, 0.1) is 14.2 Å². The Kier molecular flexibility index (Phi) is 7.21. The van der Waals surface area contributed by atoms with Crippen LogP contribution in [0, 0.1) is 17.3 Å². The molecule has 0 aliphatic carbocycles. The lowest BCUT2D eigenvalue weighted by molar-refractivity contribution is -0.160. The van der Waals surface area contributed by atoms with E-state index in [9.17, 15) is 4.79 Å². The molecule has 2 aliphatic heterocycles. The van der Waals surface area contributed by atoms with E-state index < -0.39 is 6.04 Å². The van der Waals surface area contributed by atoms with Crippen LogP contribution in [0.3, 0.4) is 0 Å². The summed E-state index contributed by atoms with van der Waals surface area (Å²) in [6.45, 7) is 12.6. The third-order valence-corrected chi connectivity index (χ3v) is 6.70. The molecule has 31 heavy (non-hydrogen) atoms. The van der Waals surface area contributed by atoms with Crippen molar-refractivity contribution in [2.45, 2.75) is 72.1 Å². The molecule has 3 rings (SSSR count). The molecule has 0 saturated carbocycles. The van der Waals surface area contributed by atoms with Gasteiger partial charge in [-0.05, 0) is 47.4 Å². The van der Waals surface area contributed by atoms with Gasteiger partial charge in [-0.2, -0.15) is 0 Å². The number of methoxy groups -OCH3 is 2. The number of carbonyl (C=O) groups excluding carboxylic acids is 1. The van der Waals surface area contributed by atoms with Gasteiger partial charge in [-0.1, -0.05) is 34.6 Å². The van der Waals surface area contributed by atoms with Crippen molar-refractivity contribution in [3.05, 3.63) is 23.3 Å². The van der Waals surface area contributed by atoms with Crippen molar-refractivity contribution in [2.24, 2.45) is 23.0 Å². The predicted molar refractivity (Wildman–Crippen MR) is 122 cm³/mol. The van der Waals surface area contributed by atoms with Crippen molar-refractivity contribution in [3.8, 4) is 11.5 Å². The van der Waals surface area contributed by atoms with Crippen LogP contribution < -0.4 is 15.2 Å². The summed E-state index contributed by atoms with van der Waals surface area (Å²) in [7, 11) is 3.34. The minimum atomic E-state index is -0.587. The van der Waals surface area contributed by atoms with Crippen molar-refractivity contribution in [2.75, 3.05) is 27.3 Å². The van der Waals surface area contributed by atoms with Gasteiger partial charge >= 0.3 is 5.97 Å². The fourth-order valence-corrected chi connectivity index (χ4v) is 5.03. The summed E-state index contributed by atoms with van der Waals surface area (Å²) in [5, 5.41) is 0. The molecule has 0 unspecified atom stereocenters. The summed E-state index contributed by atoms with van der Waals surface area (Å²) < 4.78 is 17.2. The van der Waals surface area contributed by atoms with Crippen LogP contribution in [-0.4, -0.2) is 50.3 Å². The van der Waals surface area contributed by atoms with Gasteiger partial charge in [-0.3, -0.25) is 9.69 Å². The highest BCUT2D eigenvalue weighted by atomic mass is 16.5. The highest BCUT2D eigenvalue weighted by Gasteiger charge is 2.42. The number of carbonyl (C=O) groups is 1. The Morgan fingerprint density at radius 3 is 2.42 bits per heavy atom. The molecule has 6 heteroatoms. The minimum Gasteiger partial charge on any atom is -0.493 e. The fourth-order valence-electron chi connectivity index (χ4n) is 5.03. The van der Waals surface area contributed by atoms with Crippen molar-refractivity contribution in [1.29, 1.82) is 0 Å². The zero-order valence-electron chi connectivity index (χ0n) is 20.2. The van der Waals surface area contributed by atoms with E-state index in [0.717, 1.165) is 43.9 Å². The Bertz CT molecular complexity index is 786. The van der Waals surface area contributed by atoms with Gasteiger partial charge in [0, 0.05) is 31.5 Å². The number of hydrogen-bond acceptors (Lipinski definition) is 6. The first-order valence-electron chi connectivity index (χ1n) is 11.5. The smallest absolute Gasteiger partial charge is 0.323 e. The first-order valence-corrected chi connectivity index (χ1v) is 11.5. The van der Waals surface area contributed by atoms with E-state index in [0.29, 0.717) is 5.92 Å². The molecule has 4 atom stereocenters. The third kappa shape index (κ3) is 5.35. The molecule has 2 N–H and O–H groups in total. The SMILES string of the molecule is COc1cc2c(cc1OC)[C@H]1C[C@H](OC(=O)[C@@H](N)C(C)C)[C@H](CC(C)(C)C)CN1CC2. The van der Waals surface area contributed by atoms with Gasteiger partial charge in [0.2, 0.25) is 0 Å². The molecule has 6 nitrogen and oxygen atoms in total. The maximum absolute atomic E-state index is 12.8. The van der Waals surface area contributed by atoms with Gasteiger partial charge in [0.25, 0.3) is 0 Å². The molecule has 2 aliphatic rings. The number of piperidine rings is 1. The maximum atomic E-state index is 12.8. The molecule has 1 aromatic carbocycles. The van der Waals surface area contributed by atoms with Gasteiger partial charge in [-0.15, -0.1) is 0 Å². The lowest BCUT2D eigenvalue weighted by Gasteiger charge is -2.48. The molecule has 0 radical (unpaired) electrons. The number of esters is 1. The van der Waals surface area contributed by atoms with E-state index in [1.54, 1.807) is 14.2 Å². The third-order valence-electron chi connectivity index (χ3n) is 6.70. The monoisotopic (exact) mass is 432 g/mol. The Labute approximate surface area is 187 Å². The second-order valence-corrected chi connectivity index (χ2v) is 10.7. The average molecular weight is 433 g/mol. The molecule has 174 valence electrons. The summed E-state index contributed by atoms with van der Waals surface area (Å²) in [6, 6.07) is 3.82. The average Bonchev–Trinajstić information content (AvgIpc) is 2.71. The Balaban J connectivity index is 1.90. The van der Waals surface area contributed by atoms with Gasteiger partial charge in [0.1, 0.15) is 12.1 Å². The number of ether oxygens (including phenoxy) is 3. The summed E-state index contributed by atoms with van der Waals surface area (Å²) in [6.07, 6.45) is 2.62. The van der Waals surface area contributed by atoms with Crippen LogP contribution in [0.25, 0.3) is 0 Å². The van der Waals surface area contributed by atoms with Crippen molar-refractivity contribution in [3.63, 3.8) is 0 Å². The zero-order valence-corrected chi connectivity index (χ0v) is 20.2. The summed E-state index contributed by atoms with van der Waals surface area (Å²) in [5.74, 6) is 1.58. The highest BCUT2D eigenvalue weighted by molar-refractivity contribution is 5.76. The normalized spacial score (nSPS) is 24.9. The van der Waals surface area contributed by atoms with Crippen LogP contribution in [0.1, 0.15) is 64.6 Å². The standard InChI is InChI=1S/C25H40N2O4/c1-15(2)23(26)24(28)31-20-12-19-18-11-22(30-7)21(29-6)10-16(18)8-9-27(19)14-17(20)13-25(3,4)5/h10-11,15,17,19-20,23H,8-9,12-14,26H2,1-7H3/t17-,19-,20+,23+/m1/s1. The molecule has 0 bridgehead atoms. The van der Waals surface area contributed by atoms with Crippen LogP contribution >= 0.6 is 0 Å². The largest absolute Gasteiger partial charge is 0.493 e. The Morgan fingerprint density at radius 2 is 1.84 bits per heavy atom. The summed E-state index contributed by atoms with van der Waals surface area (Å²) >= 11 is 0. The first-order chi connectivity index (χ1) is 14.5. The van der Waals surface area contributed by atoms with E-state index >= 15 is 0 Å². The number of benzene rings is 1. The van der Waals surface area contributed by atoms with Crippen LogP contribution in [-0.2, 0) is 16.0 Å². The van der Waals surface area contributed by atoms with Crippen molar-refractivity contribution in [1.82, 2.24) is 4.90 Å². The van der Waals surface area contributed by atoms with E-state index in [2.05, 4.69) is 37.8 Å². The number of hydrogen-bond donors (Lipinski definition) is 1. The van der Waals surface area contributed by atoms with Crippen LogP contribution in [0.2, 0.25) is 0 Å². The molecule has 0 spiro atoms. The molecule has 1 saturated heterocycles. The van der Waals surface area contributed by atoms with Gasteiger partial charge < -0.3 is 19.9 Å². The lowest BCUT2D eigenvalue weighted by atomic mass is 9.75. The first kappa shape index (κ1) is 23.9. The molecule has 2 heterocycles.